The standard InChI is InChI=1S/C22H27N3O4/c1-15-11-17(24-22(26)16-12-19(13-16)27-2)3-5-20(15)29-21-6-4-18(14-23-21)25-7-9-28-10-8-25/h3-6,11,14,16,19H,7-10,12-13H2,1-2H3,(H,24,26). The highest BCUT2D eigenvalue weighted by atomic mass is 16.5. The summed E-state index contributed by atoms with van der Waals surface area (Å²) >= 11 is 0. The molecular formula is C22H27N3O4. The molecule has 2 fully saturated rings. The van der Waals surface area contributed by atoms with Crippen molar-refractivity contribution in [1.82, 2.24) is 4.98 Å². The van der Waals surface area contributed by atoms with Crippen molar-refractivity contribution in [3.63, 3.8) is 0 Å². The molecule has 29 heavy (non-hydrogen) atoms. The van der Waals surface area contributed by atoms with E-state index in [1.54, 1.807) is 7.11 Å². The van der Waals surface area contributed by atoms with Crippen molar-refractivity contribution in [2.45, 2.75) is 25.9 Å². The fraction of sp³-hybridized carbons (Fsp3) is 0.455. The predicted octanol–water partition coefficient (Wildman–Crippen LogP) is 3.38. The number of anilines is 2. The first-order valence-electron chi connectivity index (χ1n) is 10.0. The lowest BCUT2D eigenvalue weighted by atomic mass is 9.81. The highest BCUT2D eigenvalue weighted by molar-refractivity contribution is 5.93. The Bertz CT molecular complexity index is 844. The lowest BCUT2D eigenvalue weighted by molar-refractivity contribution is -0.127. The first-order chi connectivity index (χ1) is 14.1. The highest BCUT2D eigenvalue weighted by Crippen LogP contribution is 2.32. The molecule has 1 aromatic carbocycles. The fourth-order valence-corrected chi connectivity index (χ4v) is 3.61. The van der Waals surface area contributed by atoms with E-state index >= 15 is 0 Å². The van der Waals surface area contributed by atoms with Crippen LogP contribution in [0.5, 0.6) is 11.6 Å². The molecule has 1 aromatic heterocycles. The summed E-state index contributed by atoms with van der Waals surface area (Å²) in [4.78, 5) is 19.0. The van der Waals surface area contributed by atoms with Gasteiger partial charge >= 0.3 is 0 Å². The largest absolute Gasteiger partial charge is 0.439 e. The molecule has 7 nitrogen and oxygen atoms in total. The van der Waals surface area contributed by atoms with Gasteiger partial charge in [0.2, 0.25) is 11.8 Å². The first-order valence-corrected chi connectivity index (χ1v) is 10.0. The normalized spacial score (nSPS) is 21.4. The second kappa shape index (κ2) is 8.80. The Morgan fingerprint density at radius 3 is 2.66 bits per heavy atom. The van der Waals surface area contributed by atoms with Crippen LogP contribution in [-0.4, -0.2) is 50.4 Å². The van der Waals surface area contributed by atoms with Crippen molar-refractivity contribution in [3.8, 4) is 11.6 Å². The maximum atomic E-state index is 12.3. The van der Waals surface area contributed by atoms with Gasteiger partial charge in [0.05, 0.1) is 31.2 Å². The third-order valence-corrected chi connectivity index (χ3v) is 5.55. The zero-order chi connectivity index (χ0) is 20.2. The number of ether oxygens (including phenoxy) is 3. The van der Waals surface area contributed by atoms with Crippen LogP contribution in [0.15, 0.2) is 36.5 Å². The first kappa shape index (κ1) is 19.7. The molecule has 1 saturated carbocycles. The zero-order valence-corrected chi connectivity index (χ0v) is 16.9. The summed E-state index contributed by atoms with van der Waals surface area (Å²) in [6.07, 6.45) is 3.62. The van der Waals surface area contributed by atoms with Gasteiger partial charge in [0.1, 0.15) is 5.75 Å². The minimum Gasteiger partial charge on any atom is -0.439 e. The van der Waals surface area contributed by atoms with Gasteiger partial charge < -0.3 is 24.4 Å². The number of aryl methyl sites for hydroxylation is 1. The highest BCUT2D eigenvalue weighted by Gasteiger charge is 2.34. The number of benzene rings is 1. The van der Waals surface area contributed by atoms with E-state index < -0.39 is 0 Å². The number of morpholine rings is 1. The summed E-state index contributed by atoms with van der Waals surface area (Å²) < 4.78 is 16.6. The minimum absolute atomic E-state index is 0.0327. The molecular weight excluding hydrogens is 370 g/mol. The van der Waals surface area contributed by atoms with Gasteiger partial charge in [-0.1, -0.05) is 0 Å². The Hall–Kier alpha value is -2.64. The third-order valence-electron chi connectivity index (χ3n) is 5.55. The zero-order valence-electron chi connectivity index (χ0n) is 16.9. The van der Waals surface area contributed by atoms with Crippen LogP contribution in [0, 0.1) is 12.8 Å². The van der Waals surface area contributed by atoms with E-state index in [1.165, 1.54) is 0 Å². The fourth-order valence-electron chi connectivity index (χ4n) is 3.61. The van der Waals surface area contributed by atoms with E-state index in [1.807, 2.05) is 43.5 Å². The third kappa shape index (κ3) is 4.68. The van der Waals surface area contributed by atoms with E-state index in [-0.39, 0.29) is 17.9 Å². The van der Waals surface area contributed by atoms with Crippen molar-refractivity contribution in [2.24, 2.45) is 5.92 Å². The molecule has 7 heteroatoms. The SMILES string of the molecule is COC1CC(C(=O)Nc2ccc(Oc3ccc(N4CCOCC4)cn3)c(C)c2)C1. The average molecular weight is 397 g/mol. The van der Waals surface area contributed by atoms with Crippen LogP contribution in [-0.2, 0) is 14.3 Å². The second-order valence-corrected chi connectivity index (χ2v) is 7.55. The summed E-state index contributed by atoms with van der Waals surface area (Å²) in [6.45, 7) is 5.20. The maximum Gasteiger partial charge on any atom is 0.227 e. The van der Waals surface area contributed by atoms with Crippen LogP contribution in [0.2, 0.25) is 0 Å². The molecule has 4 rings (SSSR count). The number of rotatable bonds is 6. The number of nitrogens with one attached hydrogen (secondary N) is 1. The number of carbonyl (C=O) groups is 1. The van der Waals surface area contributed by atoms with Gasteiger partial charge in [0.25, 0.3) is 0 Å². The number of nitrogens with zero attached hydrogens (tertiary/aromatic N) is 2. The van der Waals surface area contributed by atoms with Gasteiger partial charge in [-0.15, -0.1) is 0 Å². The summed E-state index contributed by atoms with van der Waals surface area (Å²) in [5, 5.41) is 2.98. The maximum absolute atomic E-state index is 12.3. The molecule has 1 saturated heterocycles. The van der Waals surface area contributed by atoms with Gasteiger partial charge in [0, 0.05) is 37.9 Å². The summed E-state index contributed by atoms with van der Waals surface area (Å²) in [7, 11) is 1.69. The predicted molar refractivity (Wildman–Crippen MR) is 111 cm³/mol. The molecule has 2 aromatic rings. The van der Waals surface area contributed by atoms with Crippen LogP contribution >= 0.6 is 0 Å². The van der Waals surface area contributed by atoms with Crippen molar-refractivity contribution >= 4 is 17.3 Å². The molecule has 2 heterocycles. The summed E-state index contributed by atoms with van der Waals surface area (Å²) in [6, 6.07) is 9.53. The molecule has 1 amide bonds. The van der Waals surface area contributed by atoms with Crippen LogP contribution < -0.4 is 15.0 Å². The lowest BCUT2D eigenvalue weighted by Crippen LogP contribution is -2.38. The van der Waals surface area contributed by atoms with Crippen LogP contribution in [0.3, 0.4) is 0 Å². The van der Waals surface area contributed by atoms with Crippen molar-refractivity contribution in [1.29, 1.82) is 0 Å². The Balaban J connectivity index is 1.35. The lowest BCUT2D eigenvalue weighted by Gasteiger charge is -2.32. The van der Waals surface area contributed by atoms with E-state index in [0.29, 0.717) is 5.88 Å². The van der Waals surface area contributed by atoms with Crippen LogP contribution in [0.25, 0.3) is 0 Å². The van der Waals surface area contributed by atoms with Crippen LogP contribution in [0.1, 0.15) is 18.4 Å². The Morgan fingerprint density at radius 1 is 1.21 bits per heavy atom. The molecule has 2 aliphatic rings. The van der Waals surface area contributed by atoms with Crippen molar-refractivity contribution < 1.29 is 19.0 Å². The monoisotopic (exact) mass is 397 g/mol. The molecule has 0 atom stereocenters. The van der Waals surface area contributed by atoms with Gasteiger partial charge in [-0.05, 0) is 49.6 Å². The second-order valence-electron chi connectivity index (χ2n) is 7.55. The summed E-state index contributed by atoms with van der Waals surface area (Å²) in [5.41, 5.74) is 2.78. The van der Waals surface area contributed by atoms with Gasteiger partial charge in [-0.25, -0.2) is 4.98 Å². The molecule has 0 unspecified atom stereocenters. The van der Waals surface area contributed by atoms with E-state index in [0.717, 1.165) is 61.8 Å². The smallest absolute Gasteiger partial charge is 0.227 e. The topological polar surface area (TPSA) is 72.9 Å². The number of hydrogen-bond acceptors (Lipinski definition) is 6. The molecule has 1 N–H and O–H groups in total. The van der Waals surface area contributed by atoms with Gasteiger partial charge in [-0.3, -0.25) is 4.79 Å². The van der Waals surface area contributed by atoms with E-state index in [9.17, 15) is 4.79 Å². The van der Waals surface area contributed by atoms with E-state index in [2.05, 4.69) is 15.2 Å². The van der Waals surface area contributed by atoms with Gasteiger partial charge in [0.15, 0.2) is 0 Å². The Labute approximate surface area is 171 Å². The number of methoxy groups -OCH3 is 1. The number of carbonyl (C=O) groups excluding carboxylic acids is 1. The summed E-state index contributed by atoms with van der Waals surface area (Å²) in [5.74, 6) is 1.34. The van der Waals surface area contributed by atoms with Gasteiger partial charge in [-0.2, -0.15) is 0 Å². The van der Waals surface area contributed by atoms with Crippen molar-refractivity contribution in [3.05, 3.63) is 42.1 Å². The Morgan fingerprint density at radius 2 is 2.00 bits per heavy atom. The quantitative estimate of drug-likeness (QED) is 0.806. The molecule has 0 radical (unpaired) electrons. The number of pyridine rings is 1. The molecule has 0 bridgehead atoms. The average Bonchev–Trinajstić information content (AvgIpc) is 2.70. The molecule has 154 valence electrons. The van der Waals surface area contributed by atoms with Crippen LogP contribution in [0.4, 0.5) is 11.4 Å². The van der Waals surface area contributed by atoms with Crippen molar-refractivity contribution in [2.75, 3.05) is 43.6 Å². The number of aromatic nitrogens is 1. The molecule has 0 spiro atoms. The number of amides is 1. The number of hydrogen-bond donors (Lipinski definition) is 1. The Kier molecular flexibility index (Phi) is 5.97. The molecule has 1 aliphatic carbocycles. The molecule has 1 aliphatic heterocycles. The van der Waals surface area contributed by atoms with E-state index in [4.69, 9.17) is 14.2 Å². The minimum atomic E-state index is 0.0327.